The minimum Gasteiger partial charge on any atom is -0.346 e. The van der Waals surface area contributed by atoms with Gasteiger partial charge in [-0.3, -0.25) is 9.78 Å². The number of aromatic nitrogens is 1. The van der Waals surface area contributed by atoms with Crippen molar-refractivity contribution in [2.24, 2.45) is 0 Å². The molecule has 3 nitrogen and oxygen atoms in total. The van der Waals surface area contributed by atoms with E-state index >= 15 is 0 Å². The van der Waals surface area contributed by atoms with Crippen molar-refractivity contribution in [3.05, 3.63) is 78.1 Å². The maximum absolute atomic E-state index is 12.1. The maximum atomic E-state index is 12.1. The van der Waals surface area contributed by atoms with Crippen molar-refractivity contribution in [2.45, 2.75) is 6.54 Å². The van der Waals surface area contributed by atoms with Crippen molar-refractivity contribution in [3.8, 4) is 0 Å². The molecule has 0 aliphatic rings. The van der Waals surface area contributed by atoms with E-state index in [0.29, 0.717) is 12.1 Å². The SMILES string of the molecule is O=C(NCc1ccccn1)c1ccc2ccccc2c1. The van der Waals surface area contributed by atoms with E-state index in [4.69, 9.17) is 0 Å². The number of hydrogen-bond acceptors (Lipinski definition) is 2. The molecule has 0 atom stereocenters. The van der Waals surface area contributed by atoms with Gasteiger partial charge in [0.15, 0.2) is 0 Å². The topological polar surface area (TPSA) is 42.0 Å². The monoisotopic (exact) mass is 262 g/mol. The highest BCUT2D eigenvalue weighted by Gasteiger charge is 2.06. The zero-order valence-electron chi connectivity index (χ0n) is 10.9. The molecule has 1 N–H and O–H groups in total. The summed E-state index contributed by atoms with van der Waals surface area (Å²) in [5, 5.41) is 5.08. The molecule has 1 heterocycles. The van der Waals surface area contributed by atoms with E-state index in [2.05, 4.69) is 10.3 Å². The summed E-state index contributed by atoms with van der Waals surface area (Å²) in [5.41, 5.74) is 1.52. The summed E-state index contributed by atoms with van der Waals surface area (Å²) < 4.78 is 0. The Morgan fingerprint density at radius 1 is 0.950 bits per heavy atom. The number of hydrogen-bond donors (Lipinski definition) is 1. The predicted octanol–water partition coefficient (Wildman–Crippen LogP) is 3.16. The van der Waals surface area contributed by atoms with Crippen LogP contribution in [0.15, 0.2) is 66.9 Å². The van der Waals surface area contributed by atoms with Gasteiger partial charge in [-0.2, -0.15) is 0 Å². The lowest BCUT2D eigenvalue weighted by atomic mass is 10.1. The van der Waals surface area contributed by atoms with E-state index in [-0.39, 0.29) is 5.91 Å². The van der Waals surface area contributed by atoms with Crippen molar-refractivity contribution in [1.82, 2.24) is 10.3 Å². The molecule has 1 aromatic heterocycles. The van der Waals surface area contributed by atoms with Crippen molar-refractivity contribution >= 4 is 16.7 Å². The first-order chi connectivity index (χ1) is 9.83. The molecule has 0 spiro atoms. The lowest BCUT2D eigenvalue weighted by Gasteiger charge is -2.06. The Morgan fingerprint density at radius 3 is 2.55 bits per heavy atom. The molecule has 0 radical (unpaired) electrons. The van der Waals surface area contributed by atoms with Gasteiger partial charge in [0.1, 0.15) is 0 Å². The third-order valence-electron chi connectivity index (χ3n) is 3.17. The van der Waals surface area contributed by atoms with Crippen LogP contribution in [-0.2, 0) is 6.54 Å². The summed E-state index contributed by atoms with van der Waals surface area (Å²) in [6.07, 6.45) is 1.72. The smallest absolute Gasteiger partial charge is 0.251 e. The van der Waals surface area contributed by atoms with Gasteiger partial charge in [-0.25, -0.2) is 0 Å². The fourth-order valence-electron chi connectivity index (χ4n) is 2.11. The number of nitrogens with zero attached hydrogens (tertiary/aromatic N) is 1. The van der Waals surface area contributed by atoms with Crippen LogP contribution in [-0.4, -0.2) is 10.9 Å². The number of benzene rings is 2. The molecule has 0 unspecified atom stereocenters. The zero-order valence-corrected chi connectivity index (χ0v) is 10.9. The average molecular weight is 262 g/mol. The first kappa shape index (κ1) is 12.4. The number of carbonyl (C=O) groups is 1. The quantitative estimate of drug-likeness (QED) is 0.787. The molecule has 1 amide bonds. The molecule has 20 heavy (non-hydrogen) atoms. The number of rotatable bonds is 3. The molecule has 0 saturated carbocycles. The van der Waals surface area contributed by atoms with Crippen LogP contribution in [0, 0.1) is 0 Å². The van der Waals surface area contributed by atoms with E-state index < -0.39 is 0 Å². The number of pyridine rings is 1. The Morgan fingerprint density at radius 2 is 1.75 bits per heavy atom. The van der Waals surface area contributed by atoms with E-state index in [1.807, 2.05) is 60.7 Å². The number of amides is 1. The highest BCUT2D eigenvalue weighted by atomic mass is 16.1. The van der Waals surface area contributed by atoms with Crippen LogP contribution in [0.25, 0.3) is 10.8 Å². The standard InChI is InChI=1S/C17H14N2O/c20-17(19-12-16-7-3-4-10-18-16)15-9-8-13-5-1-2-6-14(13)11-15/h1-11H,12H2,(H,19,20). The van der Waals surface area contributed by atoms with Crippen LogP contribution < -0.4 is 5.32 Å². The lowest BCUT2D eigenvalue weighted by molar-refractivity contribution is 0.0950. The first-order valence-corrected chi connectivity index (χ1v) is 6.50. The number of carbonyl (C=O) groups excluding carboxylic acids is 1. The fraction of sp³-hybridized carbons (Fsp3) is 0.0588. The number of nitrogens with one attached hydrogen (secondary N) is 1. The van der Waals surface area contributed by atoms with Crippen LogP contribution in [0.3, 0.4) is 0 Å². The van der Waals surface area contributed by atoms with Gasteiger partial charge in [0.25, 0.3) is 5.91 Å². The number of fused-ring (bicyclic) bond motifs is 1. The van der Waals surface area contributed by atoms with Gasteiger partial charge in [0, 0.05) is 11.8 Å². The summed E-state index contributed by atoms with van der Waals surface area (Å²) in [4.78, 5) is 16.3. The van der Waals surface area contributed by atoms with Gasteiger partial charge < -0.3 is 5.32 Å². The Balaban J connectivity index is 1.75. The maximum Gasteiger partial charge on any atom is 0.251 e. The van der Waals surface area contributed by atoms with Crippen LogP contribution >= 0.6 is 0 Å². The second-order valence-electron chi connectivity index (χ2n) is 4.57. The predicted molar refractivity (Wildman–Crippen MR) is 79.4 cm³/mol. The van der Waals surface area contributed by atoms with E-state index in [0.717, 1.165) is 16.5 Å². The Kier molecular flexibility index (Phi) is 3.42. The third-order valence-corrected chi connectivity index (χ3v) is 3.17. The summed E-state index contributed by atoms with van der Waals surface area (Å²) in [6.45, 7) is 0.437. The molecule has 3 rings (SSSR count). The minimum atomic E-state index is -0.0820. The second kappa shape index (κ2) is 5.53. The van der Waals surface area contributed by atoms with Gasteiger partial charge in [-0.1, -0.05) is 36.4 Å². The lowest BCUT2D eigenvalue weighted by Crippen LogP contribution is -2.23. The largest absolute Gasteiger partial charge is 0.346 e. The van der Waals surface area contributed by atoms with Crippen molar-refractivity contribution in [1.29, 1.82) is 0 Å². The summed E-state index contributed by atoms with van der Waals surface area (Å²) in [7, 11) is 0. The molecule has 2 aromatic carbocycles. The van der Waals surface area contributed by atoms with Crippen molar-refractivity contribution < 1.29 is 4.79 Å². The highest BCUT2D eigenvalue weighted by molar-refractivity contribution is 5.98. The minimum absolute atomic E-state index is 0.0820. The summed E-state index contributed by atoms with van der Waals surface area (Å²) in [6, 6.07) is 19.4. The molecule has 3 aromatic rings. The first-order valence-electron chi connectivity index (χ1n) is 6.50. The second-order valence-corrected chi connectivity index (χ2v) is 4.57. The van der Waals surface area contributed by atoms with Crippen LogP contribution in [0.2, 0.25) is 0 Å². The molecule has 98 valence electrons. The van der Waals surface area contributed by atoms with Gasteiger partial charge in [-0.15, -0.1) is 0 Å². The van der Waals surface area contributed by atoms with E-state index in [9.17, 15) is 4.79 Å². The molecule has 0 saturated heterocycles. The average Bonchev–Trinajstić information content (AvgIpc) is 2.53. The van der Waals surface area contributed by atoms with E-state index in [1.54, 1.807) is 6.20 Å². The molecular formula is C17H14N2O. The molecule has 0 bridgehead atoms. The van der Waals surface area contributed by atoms with Crippen molar-refractivity contribution in [3.63, 3.8) is 0 Å². The van der Waals surface area contributed by atoms with E-state index in [1.165, 1.54) is 0 Å². The molecule has 0 aliphatic heterocycles. The Hall–Kier alpha value is -2.68. The van der Waals surface area contributed by atoms with Gasteiger partial charge in [-0.05, 0) is 35.0 Å². The zero-order chi connectivity index (χ0) is 13.8. The van der Waals surface area contributed by atoms with Crippen LogP contribution in [0.4, 0.5) is 0 Å². The fourth-order valence-corrected chi connectivity index (χ4v) is 2.11. The molecular weight excluding hydrogens is 248 g/mol. The van der Waals surface area contributed by atoms with Crippen molar-refractivity contribution in [2.75, 3.05) is 0 Å². The Labute approximate surface area is 117 Å². The molecule has 0 fully saturated rings. The molecule has 0 aliphatic carbocycles. The summed E-state index contributed by atoms with van der Waals surface area (Å²) >= 11 is 0. The highest BCUT2D eigenvalue weighted by Crippen LogP contribution is 2.15. The summed E-state index contributed by atoms with van der Waals surface area (Å²) in [5.74, 6) is -0.0820. The van der Waals surface area contributed by atoms with Crippen LogP contribution in [0.1, 0.15) is 16.1 Å². The van der Waals surface area contributed by atoms with Gasteiger partial charge in [0.05, 0.1) is 12.2 Å². The third kappa shape index (κ3) is 2.67. The Bertz CT molecular complexity index is 738. The molecule has 3 heteroatoms. The van der Waals surface area contributed by atoms with Crippen LogP contribution in [0.5, 0.6) is 0 Å². The van der Waals surface area contributed by atoms with Gasteiger partial charge >= 0.3 is 0 Å². The normalized spacial score (nSPS) is 10.4. The van der Waals surface area contributed by atoms with Gasteiger partial charge in [0.2, 0.25) is 0 Å².